The van der Waals surface area contributed by atoms with Crippen LogP contribution >= 0.6 is 11.8 Å². The SMILES string of the molecule is COc1ccc(CCN(C)c2nc(SCc3ccc(C(=O)NCc4ccco4)cc3)nc(C)c2C)cc1OC. The van der Waals surface area contributed by atoms with Crippen molar-refractivity contribution in [2.45, 2.75) is 37.7 Å². The molecule has 4 rings (SSSR count). The Hall–Kier alpha value is -3.98. The summed E-state index contributed by atoms with van der Waals surface area (Å²) in [6, 6.07) is 17.2. The predicted octanol–water partition coefficient (Wildman–Crippen LogP) is 5.60. The molecule has 0 bridgehead atoms. The fourth-order valence-electron chi connectivity index (χ4n) is 4.05. The summed E-state index contributed by atoms with van der Waals surface area (Å²) < 4.78 is 16.0. The van der Waals surface area contributed by atoms with Crippen molar-refractivity contribution in [2.24, 2.45) is 0 Å². The number of hydrogen-bond acceptors (Lipinski definition) is 8. The van der Waals surface area contributed by atoms with Gasteiger partial charge in [0.25, 0.3) is 5.91 Å². The summed E-state index contributed by atoms with van der Waals surface area (Å²) in [5, 5.41) is 3.59. The Bertz CT molecular complexity index is 1390. The summed E-state index contributed by atoms with van der Waals surface area (Å²) in [6.45, 7) is 5.23. The largest absolute Gasteiger partial charge is 0.493 e. The van der Waals surface area contributed by atoms with Gasteiger partial charge in [-0.05, 0) is 67.8 Å². The molecular weight excluding hydrogens is 512 g/mol. The average molecular weight is 547 g/mol. The smallest absolute Gasteiger partial charge is 0.251 e. The van der Waals surface area contributed by atoms with Crippen LogP contribution in [0.1, 0.15) is 38.5 Å². The number of furan rings is 1. The molecule has 9 heteroatoms. The van der Waals surface area contributed by atoms with E-state index in [0.29, 0.717) is 17.9 Å². The number of aryl methyl sites for hydroxylation is 1. The van der Waals surface area contributed by atoms with Gasteiger partial charge in [-0.25, -0.2) is 9.97 Å². The summed E-state index contributed by atoms with van der Waals surface area (Å²) in [5.74, 6) is 3.66. The van der Waals surface area contributed by atoms with Gasteiger partial charge in [0, 0.05) is 36.2 Å². The van der Waals surface area contributed by atoms with Crippen molar-refractivity contribution in [2.75, 3.05) is 32.7 Å². The molecule has 0 fully saturated rings. The van der Waals surface area contributed by atoms with E-state index in [4.69, 9.17) is 23.9 Å². The molecule has 0 aliphatic rings. The molecule has 2 heterocycles. The van der Waals surface area contributed by atoms with E-state index >= 15 is 0 Å². The lowest BCUT2D eigenvalue weighted by Crippen LogP contribution is -2.23. The van der Waals surface area contributed by atoms with Gasteiger partial charge in [0.05, 0.1) is 27.0 Å². The van der Waals surface area contributed by atoms with E-state index in [1.807, 2.05) is 49.4 Å². The van der Waals surface area contributed by atoms with E-state index in [-0.39, 0.29) is 5.91 Å². The van der Waals surface area contributed by atoms with E-state index < -0.39 is 0 Å². The van der Waals surface area contributed by atoms with Gasteiger partial charge in [-0.2, -0.15) is 0 Å². The van der Waals surface area contributed by atoms with Crippen LogP contribution in [0.15, 0.2) is 70.4 Å². The molecule has 0 atom stereocenters. The lowest BCUT2D eigenvalue weighted by atomic mass is 10.1. The second-order valence-corrected chi connectivity index (χ2v) is 10.1. The molecule has 39 heavy (non-hydrogen) atoms. The molecule has 0 saturated heterocycles. The molecule has 8 nitrogen and oxygen atoms in total. The number of carbonyl (C=O) groups excluding carboxylic acids is 1. The fraction of sp³-hybridized carbons (Fsp3) is 0.300. The quantitative estimate of drug-likeness (QED) is 0.181. The van der Waals surface area contributed by atoms with Crippen LogP contribution in [-0.2, 0) is 18.7 Å². The van der Waals surface area contributed by atoms with Crippen LogP contribution in [0.25, 0.3) is 0 Å². The molecular formula is C30H34N4O4S. The highest BCUT2D eigenvalue weighted by Gasteiger charge is 2.14. The lowest BCUT2D eigenvalue weighted by Gasteiger charge is -2.22. The Morgan fingerprint density at radius 3 is 2.44 bits per heavy atom. The summed E-state index contributed by atoms with van der Waals surface area (Å²) in [4.78, 5) is 24.2. The molecule has 2 aromatic carbocycles. The standard InChI is InChI=1S/C30H34N4O4S/c1-20-21(2)32-30(33-28(20)34(3)15-14-22-10-13-26(36-4)27(17-22)37-5)39-19-23-8-11-24(12-9-23)29(35)31-18-25-7-6-16-38-25/h6-13,16-17H,14-15,18-19H2,1-5H3,(H,31,35). The Balaban J connectivity index is 1.35. The minimum atomic E-state index is -0.135. The average Bonchev–Trinajstić information content (AvgIpc) is 3.49. The van der Waals surface area contributed by atoms with E-state index in [2.05, 4.69) is 30.3 Å². The molecule has 0 radical (unpaired) electrons. The van der Waals surface area contributed by atoms with Crippen LogP contribution in [0.2, 0.25) is 0 Å². The van der Waals surface area contributed by atoms with Crippen molar-refractivity contribution in [1.29, 1.82) is 0 Å². The fourth-order valence-corrected chi connectivity index (χ4v) is 4.89. The minimum absolute atomic E-state index is 0.135. The summed E-state index contributed by atoms with van der Waals surface area (Å²) >= 11 is 1.58. The van der Waals surface area contributed by atoms with Crippen molar-refractivity contribution in [3.63, 3.8) is 0 Å². The van der Waals surface area contributed by atoms with Crippen LogP contribution in [0.3, 0.4) is 0 Å². The third-order valence-corrected chi connectivity index (χ3v) is 7.39. The van der Waals surface area contributed by atoms with Gasteiger partial charge in [-0.1, -0.05) is 30.0 Å². The van der Waals surface area contributed by atoms with Gasteiger partial charge in [0.2, 0.25) is 0 Å². The number of aromatic nitrogens is 2. The highest BCUT2D eigenvalue weighted by Crippen LogP contribution is 2.29. The van der Waals surface area contributed by atoms with Crippen LogP contribution in [0.5, 0.6) is 11.5 Å². The van der Waals surface area contributed by atoms with Gasteiger partial charge in [0.15, 0.2) is 16.7 Å². The zero-order valence-electron chi connectivity index (χ0n) is 23.0. The van der Waals surface area contributed by atoms with Gasteiger partial charge >= 0.3 is 0 Å². The molecule has 0 aliphatic heterocycles. The highest BCUT2D eigenvalue weighted by atomic mass is 32.2. The Morgan fingerprint density at radius 2 is 1.74 bits per heavy atom. The van der Waals surface area contributed by atoms with E-state index in [1.165, 1.54) is 0 Å². The number of nitrogens with one attached hydrogen (secondary N) is 1. The van der Waals surface area contributed by atoms with E-state index in [1.54, 1.807) is 38.3 Å². The van der Waals surface area contributed by atoms with E-state index in [9.17, 15) is 4.79 Å². The van der Waals surface area contributed by atoms with Crippen LogP contribution in [-0.4, -0.2) is 43.7 Å². The Kier molecular flexibility index (Phi) is 9.49. The summed E-state index contributed by atoms with van der Waals surface area (Å²) in [6.07, 6.45) is 2.43. The zero-order chi connectivity index (χ0) is 27.8. The maximum atomic E-state index is 12.4. The number of rotatable bonds is 12. The third-order valence-electron chi connectivity index (χ3n) is 6.48. The van der Waals surface area contributed by atoms with Gasteiger partial charge in [-0.3, -0.25) is 4.79 Å². The molecule has 0 aliphatic carbocycles. The predicted molar refractivity (Wildman–Crippen MR) is 154 cm³/mol. The molecule has 0 saturated carbocycles. The maximum absolute atomic E-state index is 12.4. The molecule has 0 spiro atoms. The number of amides is 1. The maximum Gasteiger partial charge on any atom is 0.251 e. The Morgan fingerprint density at radius 1 is 1.00 bits per heavy atom. The first-order chi connectivity index (χ1) is 18.9. The molecule has 1 amide bonds. The van der Waals surface area contributed by atoms with Crippen molar-refractivity contribution >= 4 is 23.5 Å². The molecule has 4 aromatic rings. The van der Waals surface area contributed by atoms with Crippen molar-refractivity contribution < 1.29 is 18.7 Å². The number of likely N-dealkylation sites (N-methyl/N-ethyl adjacent to an activating group) is 1. The number of benzene rings is 2. The normalized spacial score (nSPS) is 10.8. The molecule has 0 unspecified atom stereocenters. The van der Waals surface area contributed by atoms with Crippen LogP contribution < -0.4 is 19.7 Å². The summed E-state index contributed by atoms with van der Waals surface area (Å²) in [7, 11) is 5.34. The third kappa shape index (κ3) is 7.32. The van der Waals surface area contributed by atoms with Gasteiger partial charge in [0.1, 0.15) is 11.6 Å². The number of thioether (sulfide) groups is 1. The Labute approximate surface area is 233 Å². The topological polar surface area (TPSA) is 89.7 Å². The van der Waals surface area contributed by atoms with Crippen molar-refractivity contribution in [3.05, 3.63) is 94.6 Å². The highest BCUT2D eigenvalue weighted by molar-refractivity contribution is 7.98. The molecule has 204 valence electrons. The van der Waals surface area contributed by atoms with Crippen molar-refractivity contribution in [3.8, 4) is 11.5 Å². The summed E-state index contributed by atoms with van der Waals surface area (Å²) in [5.41, 5.74) is 4.89. The second-order valence-electron chi connectivity index (χ2n) is 9.15. The first-order valence-electron chi connectivity index (χ1n) is 12.7. The second kappa shape index (κ2) is 13.2. The van der Waals surface area contributed by atoms with Crippen LogP contribution in [0.4, 0.5) is 5.82 Å². The monoisotopic (exact) mass is 546 g/mol. The number of methoxy groups -OCH3 is 2. The van der Waals surface area contributed by atoms with E-state index in [0.717, 1.165) is 63.6 Å². The number of nitrogens with zero attached hydrogens (tertiary/aromatic N) is 3. The minimum Gasteiger partial charge on any atom is -0.493 e. The van der Waals surface area contributed by atoms with Crippen molar-refractivity contribution in [1.82, 2.24) is 15.3 Å². The number of hydrogen-bond donors (Lipinski definition) is 1. The lowest BCUT2D eigenvalue weighted by molar-refractivity contribution is 0.0948. The molecule has 2 aromatic heterocycles. The molecule has 1 N–H and O–H groups in total. The van der Waals surface area contributed by atoms with Crippen LogP contribution in [0, 0.1) is 13.8 Å². The number of ether oxygens (including phenoxy) is 2. The number of anilines is 1. The van der Waals surface area contributed by atoms with Gasteiger partial charge in [-0.15, -0.1) is 0 Å². The van der Waals surface area contributed by atoms with Gasteiger partial charge < -0.3 is 24.1 Å². The first-order valence-corrected chi connectivity index (χ1v) is 13.7. The number of carbonyl (C=O) groups is 1. The first kappa shape index (κ1) is 28.0. The zero-order valence-corrected chi connectivity index (χ0v) is 23.8.